The smallest absolute Gasteiger partial charge is 0.242 e. The van der Waals surface area contributed by atoms with Gasteiger partial charge in [0, 0.05) is 6.54 Å². The Kier molecular flexibility index (Phi) is 3.28. The minimum Gasteiger partial charge on any atom is -0.543 e. The van der Waals surface area contributed by atoms with Crippen molar-refractivity contribution in [2.75, 3.05) is 6.54 Å². The van der Waals surface area contributed by atoms with Crippen molar-refractivity contribution in [2.45, 2.75) is 32.6 Å². The van der Waals surface area contributed by atoms with Crippen LogP contribution in [-0.2, 0) is 13.0 Å². The molecule has 0 bridgehead atoms. The first kappa shape index (κ1) is 12.0. The molecule has 0 fully saturated rings. The highest BCUT2D eigenvalue weighted by Gasteiger charge is 2.20. The van der Waals surface area contributed by atoms with Crippen LogP contribution in [0.25, 0.3) is 0 Å². The predicted molar refractivity (Wildman–Crippen MR) is 70.8 cm³/mol. The van der Waals surface area contributed by atoms with E-state index in [4.69, 9.17) is 16.0 Å². The first-order valence-corrected chi connectivity index (χ1v) is 9.45. The van der Waals surface area contributed by atoms with E-state index in [9.17, 15) is 0 Å². The third-order valence-corrected chi connectivity index (χ3v) is 3.68. The molecule has 0 saturated heterocycles. The molecular formula is C12H18ClNOSi. The molecule has 16 heavy (non-hydrogen) atoms. The molecule has 2 rings (SSSR count). The van der Waals surface area contributed by atoms with Gasteiger partial charge in [-0.25, -0.2) is 0 Å². The van der Waals surface area contributed by atoms with E-state index in [1.54, 1.807) is 0 Å². The molecule has 0 atom stereocenters. The fourth-order valence-electron chi connectivity index (χ4n) is 1.89. The molecule has 0 saturated carbocycles. The number of hydrogen-bond acceptors (Lipinski definition) is 2. The molecule has 0 radical (unpaired) electrons. The topological polar surface area (TPSA) is 21.3 Å². The van der Waals surface area contributed by atoms with Crippen LogP contribution in [-0.4, -0.2) is 14.9 Å². The van der Waals surface area contributed by atoms with Crippen molar-refractivity contribution < 1.29 is 4.43 Å². The van der Waals surface area contributed by atoms with Crippen molar-refractivity contribution in [3.8, 4) is 5.75 Å². The summed E-state index contributed by atoms with van der Waals surface area (Å²) in [5.41, 5.74) is 2.68. The lowest BCUT2D eigenvalue weighted by Gasteiger charge is -2.23. The third-order valence-electron chi connectivity index (χ3n) is 2.56. The average molecular weight is 256 g/mol. The van der Waals surface area contributed by atoms with Gasteiger partial charge in [0.05, 0.1) is 5.02 Å². The fourth-order valence-corrected chi connectivity index (χ4v) is 3.01. The Labute approximate surface area is 103 Å². The molecule has 1 heterocycles. The lowest BCUT2D eigenvalue weighted by Crippen LogP contribution is -2.30. The van der Waals surface area contributed by atoms with Gasteiger partial charge in [0.1, 0.15) is 5.75 Å². The van der Waals surface area contributed by atoms with Gasteiger partial charge in [-0.1, -0.05) is 11.6 Å². The summed E-state index contributed by atoms with van der Waals surface area (Å²) in [4.78, 5) is 0. The van der Waals surface area contributed by atoms with Crippen LogP contribution in [0.15, 0.2) is 12.1 Å². The number of nitrogens with one attached hydrogen (secondary N) is 1. The summed E-state index contributed by atoms with van der Waals surface area (Å²) in [5.74, 6) is 0.850. The van der Waals surface area contributed by atoms with E-state index >= 15 is 0 Å². The second kappa shape index (κ2) is 4.39. The molecule has 0 aromatic heterocycles. The fraction of sp³-hybridized carbons (Fsp3) is 0.500. The minimum absolute atomic E-state index is 0.753. The summed E-state index contributed by atoms with van der Waals surface area (Å²) >= 11 is 6.24. The maximum atomic E-state index is 6.24. The normalized spacial score (nSPS) is 15.8. The Morgan fingerprint density at radius 3 is 2.69 bits per heavy atom. The maximum Gasteiger partial charge on any atom is 0.242 e. The van der Waals surface area contributed by atoms with Crippen molar-refractivity contribution in [1.82, 2.24) is 5.32 Å². The molecule has 0 aliphatic carbocycles. The van der Waals surface area contributed by atoms with Gasteiger partial charge < -0.3 is 9.74 Å². The molecule has 1 aliphatic heterocycles. The predicted octanol–water partition coefficient (Wildman–Crippen LogP) is 3.20. The highest BCUT2D eigenvalue weighted by molar-refractivity contribution is 6.70. The number of hydrogen-bond donors (Lipinski definition) is 1. The second-order valence-electron chi connectivity index (χ2n) is 5.19. The Hall–Kier alpha value is -0.513. The van der Waals surface area contributed by atoms with Crippen LogP contribution in [0, 0.1) is 0 Å². The van der Waals surface area contributed by atoms with E-state index in [1.807, 2.05) is 0 Å². The first-order chi connectivity index (χ1) is 7.46. The molecule has 88 valence electrons. The van der Waals surface area contributed by atoms with Crippen molar-refractivity contribution in [3.63, 3.8) is 0 Å². The summed E-state index contributed by atoms with van der Waals surface area (Å²) < 4.78 is 5.98. The summed E-state index contributed by atoms with van der Waals surface area (Å²) in [5, 5.41) is 4.12. The zero-order chi connectivity index (χ0) is 11.8. The molecule has 1 aromatic rings. The Balaban J connectivity index is 2.32. The van der Waals surface area contributed by atoms with Gasteiger partial charge in [-0.05, 0) is 55.9 Å². The Morgan fingerprint density at radius 2 is 2.00 bits per heavy atom. The van der Waals surface area contributed by atoms with Crippen LogP contribution in [0.2, 0.25) is 24.7 Å². The summed E-state index contributed by atoms with van der Waals surface area (Å²) in [6.07, 6.45) is 1.06. The van der Waals surface area contributed by atoms with E-state index in [2.05, 4.69) is 37.1 Å². The second-order valence-corrected chi connectivity index (χ2v) is 10.0. The van der Waals surface area contributed by atoms with Gasteiger partial charge in [0.25, 0.3) is 0 Å². The standard InChI is InChI=1S/C12H18ClNOSi/c1-16(2,3)15-12-7-10-8-14-5-4-9(10)6-11(12)13/h6-7,14H,4-5,8H2,1-3H3. The van der Waals surface area contributed by atoms with Crippen molar-refractivity contribution >= 4 is 19.9 Å². The van der Waals surface area contributed by atoms with Crippen LogP contribution in [0.3, 0.4) is 0 Å². The van der Waals surface area contributed by atoms with Gasteiger partial charge in [-0.15, -0.1) is 0 Å². The Bertz CT molecular complexity index is 401. The van der Waals surface area contributed by atoms with Gasteiger partial charge in [0.2, 0.25) is 8.32 Å². The van der Waals surface area contributed by atoms with Gasteiger partial charge in [-0.2, -0.15) is 0 Å². The first-order valence-electron chi connectivity index (χ1n) is 5.67. The zero-order valence-corrected chi connectivity index (χ0v) is 11.8. The summed E-state index contributed by atoms with van der Waals surface area (Å²) in [7, 11) is -1.58. The van der Waals surface area contributed by atoms with Crippen LogP contribution in [0.1, 0.15) is 11.1 Å². The van der Waals surface area contributed by atoms with E-state index < -0.39 is 8.32 Å². The molecule has 1 aromatic carbocycles. The highest BCUT2D eigenvalue weighted by atomic mass is 35.5. The van der Waals surface area contributed by atoms with Crippen LogP contribution in [0.5, 0.6) is 5.75 Å². The average Bonchev–Trinajstić information content (AvgIpc) is 2.17. The molecule has 1 aliphatic rings. The lowest BCUT2D eigenvalue weighted by atomic mass is 10.0. The van der Waals surface area contributed by atoms with Crippen molar-refractivity contribution in [1.29, 1.82) is 0 Å². The highest BCUT2D eigenvalue weighted by Crippen LogP contribution is 2.31. The number of rotatable bonds is 2. The molecule has 0 unspecified atom stereocenters. The molecule has 2 nitrogen and oxygen atoms in total. The van der Waals surface area contributed by atoms with Gasteiger partial charge in [0.15, 0.2) is 0 Å². The third kappa shape index (κ3) is 2.78. The molecule has 4 heteroatoms. The van der Waals surface area contributed by atoms with E-state index in [1.165, 1.54) is 11.1 Å². The van der Waals surface area contributed by atoms with E-state index in [0.717, 1.165) is 30.3 Å². The minimum atomic E-state index is -1.58. The van der Waals surface area contributed by atoms with Crippen LogP contribution < -0.4 is 9.74 Å². The molecule has 0 amide bonds. The Morgan fingerprint density at radius 1 is 1.25 bits per heavy atom. The maximum absolute atomic E-state index is 6.24. The summed E-state index contributed by atoms with van der Waals surface area (Å²) in [6, 6.07) is 4.16. The lowest BCUT2D eigenvalue weighted by molar-refractivity contribution is 0.552. The van der Waals surface area contributed by atoms with Crippen molar-refractivity contribution in [2.24, 2.45) is 0 Å². The van der Waals surface area contributed by atoms with Crippen LogP contribution >= 0.6 is 11.6 Å². The molecule has 1 N–H and O–H groups in total. The number of benzene rings is 1. The molecular weight excluding hydrogens is 238 g/mol. The number of fused-ring (bicyclic) bond motifs is 1. The SMILES string of the molecule is C[Si](C)(C)Oc1cc2c(cc1Cl)CCNC2. The van der Waals surface area contributed by atoms with Gasteiger partial charge in [-0.3, -0.25) is 0 Å². The van der Waals surface area contributed by atoms with Crippen molar-refractivity contribution in [3.05, 3.63) is 28.3 Å². The molecule has 0 spiro atoms. The summed E-state index contributed by atoms with van der Waals surface area (Å²) in [6.45, 7) is 8.47. The largest absolute Gasteiger partial charge is 0.543 e. The van der Waals surface area contributed by atoms with Gasteiger partial charge >= 0.3 is 0 Å². The quantitative estimate of drug-likeness (QED) is 0.820. The van der Waals surface area contributed by atoms with Crippen LogP contribution in [0.4, 0.5) is 0 Å². The monoisotopic (exact) mass is 255 g/mol. The van der Waals surface area contributed by atoms with E-state index in [-0.39, 0.29) is 0 Å². The van der Waals surface area contributed by atoms with E-state index in [0.29, 0.717) is 0 Å². The zero-order valence-electron chi connectivity index (χ0n) is 10.1. The number of halogens is 1.